The summed E-state index contributed by atoms with van der Waals surface area (Å²) in [5.74, 6) is 4.16. The van der Waals surface area contributed by atoms with Gasteiger partial charge in [-0.05, 0) is 50.7 Å². The fourth-order valence-electron chi connectivity index (χ4n) is 3.35. The maximum absolute atomic E-state index is 5.78. The standard InChI is InChI=1S/C20H29N7O/c1-3-21-20(25-17-6-7-18-24-14(2)26-27(18)12-17)23-11-16-8-9-22-19(10-16)28-13-15-4-5-15/h8-10,15,17H,3-7,11-13H2,1-2H3,(H2,21,23,25). The molecular formula is C20H29N7O. The smallest absolute Gasteiger partial charge is 0.213 e. The molecule has 8 heteroatoms. The van der Waals surface area contributed by atoms with E-state index in [2.05, 4.69) is 32.6 Å². The first-order chi connectivity index (χ1) is 13.7. The van der Waals surface area contributed by atoms with Gasteiger partial charge in [-0.25, -0.2) is 19.6 Å². The quantitative estimate of drug-likeness (QED) is 0.560. The van der Waals surface area contributed by atoms with Crippen LogP contribution in [-0.2, 0) is 19.5 Å². The molecule has 2 N–H and O–H groups in total. The van der Waals surface area contributed by atoms with Gasteiger partial charge in [0.15, 0.2) is 5.96 Å². The second-order valence-electron chi connectivity index (χ2n) is 7.59. The highest BCUT2D eigenvalue weighted by molar-refractivity contribution is 5.80. The third-order valence-electron chi connectivity index (χ3n) is 5.03. The lowest BCUT2D eigenvalue weighted by Gasteiger charge is -2.25. The van der Waals surface area contributed by atoms with Gasteiger partial charge in [0.1, 0.15) is 11.6 Å². The Labute approximate surface area is 165 Å². The van der Waals surface area contributed by atoms with Gasteiger partial charge >= 0.3 is 0 Å². The molecule has 4 rings (SSSR count). The molecule has 1 saturated carbocycles. The number of fused-ring (bicyclic) bond motifs is 1. The largest absolute Gasteiger partial charge is 0.477 e. The molecule has 3 heterocycles. The Bertz CT molecular complexity index is 828. The van der Waals surface area contributed by atoms with E-state index in [0.29, 0.717) is 18.5 Å². The Morgan fingerprint density at radius 2 is 2.25 bits per heavy atom. The molecule has 150 valence electrons. The van der Waals surface area contributed by atoms with Crippen molar-refractivity contribution < 1.29 is 4.74 Å². The van der Waals surface area contributed by atoms with Crippen molar-refractivity contribution in [2.24, 2.45) is 10.9 Å². The fraction of sp³-hybridized carbons (Fsp3) is 0.600. The van der Waals surface area contributed by atoms with Crippen molar-refractivity contribution >= 4 is 5.96 Å². The molecule has 2 aromatic heterocycles. The lowest BCUT2D eigenvalue weighted by Crippen LogP contribution is -2.47. The van der Waals surface area contributed by atoms with E-state index in [1.807, 2.05) is 23.7 Å². The minimum Gasteiger partial charge on any atom is -0.477 e. The molecule has 1 aliphatic carbocycles. The second-order valence-corrected chi connectivity index (χ2v) is 7.59. The average Bonchev–Trinajstić information content (AvgIpc) is 3.45. The summed E-state index contributed by atoms with van der Waals surface area (Å²) in [6, 6.07) is 4.27. The minimum atomic E-state index is 0.293. The van der Waals surface area contributed by atoms with Crippen LogP contribution in [0.5, 0.6) is 5.88 Å². The molecule has 0 bridgehead atoms. The third kappa shape index (κ3) is 4.99. The summed E-state index contributed by atoms with van der Waals surface area (Å²) in [4.78, 5) is 13.5. The first kappa shape index (κ1) is 18.7. The molecule has 0 aromatic carbocycles. The van der Waals surface area contributed by atoms with Gasteiger partial charge in [0.2, 0.25) is 5.88 Å². The highest BCUT2D eigenvalue weighted by atomic mass is 16.5. The van der Waals surface area contributed by atoms with Gasteiger partial charge in [-0.3, -0.25) is 0 Å². The number of aliphatic imine (C=N–C) groups is 1. The summed E-state index contributed by atoms with van der Waals surface area (Å²) >= 11 is 0. The normalized spacial score (nSPS) is 19.2. The van der Waals surface area contributed by atoms with Crippen LogP contribution in [0.3, 0.4) is 0 Å². The van der Waals surface area contributed by atoms with Crippen LogP contribution in [0.2, 0.25) is 0 Å². The Balaban J connectivity index is 1.36. The summed E-state index contributed by atoms with van der Waals surface area (Å²) in [6.45, 7) is 7.00. The van der Waals surface area contributed by atoms with Crippen LogP contribution in [0.25, 0.3) is 0 Å². The van der Waals surface area contributed by atoms with E-state index >= 15 is 0 Å². The molecule has 0 spiro atoms. The summed E-state index contributed by atoms with van der Waals surface area (Å²) in [6.07, 6.45) is 6.31. The predicted molar refractivity (Wildman–Crippen MR) is 107 cm³/mol. The SMILES string of the molecule is CCNC(=NCc1ccnc(OCC2CC2)c1)NC1CCc2nc(C)nn2C1. The fourth-order valence-corrected chi connectivity index (χ4v) is 3.35. The van der Waals surface area contributed by atoms with E-state index in [0.717, 1.165) is 61.6 Å². The third-order valence-corrected chi connectivity index (χ3v) is 5.03. The summed E-state index contributed by atoms with van der Waals surface area (Å²) in [7, 11) is 0. The van der Waals surface area contributed by atoms with E-state index in [4.69, 9.17) is 9.73 Å². The zero-order chi connectivity index (χ0) is 19.3. The monoisotopic (exact) mass is 383 g/mol. The predicted octanol–water partition coefficient (Wildman–Crippen LogP) is 1.84. The molecule has 28 heavy (non-hydrogen) atoms. The number of nitrogens with one attached hydrogen (secondary N) is 2. The van der Waals surface area contributed by atoms with Gasteiger partial charge in [0.25, 0.3) is 0 Å². The Morgan fingerprint density at radius 3 is 3.07 bits per heavy atom. The van der Waals surface area contributed by atoms with E-state index in [9.17, 15) is 0 Å². The van der Waals surface area contributed by atoms with Crippen LogP contribution < -0.4 is 15.4 Å². The van der Waals surface area contributed by atoms with Crippen LogP contribution in [0.15, 0.2) is 23.3 Å². The van der Waals surface area contributed by atoms with Gasteiger partial charge in [-0.15, -0.1) is 0 Å². The van der Waals surface area contributed by atoms with Gasteiger partial charge < -0.3 is 15.4 Å². The number of guanidine groups is 1. The number of rotatable bonds is 7. The van der Waals surface area contributed by atoms with Crippen molar-refractivity contribution in [3.63, 3.8) is 0 Å². The van der Waals surface area contributed by atoms with Gasteiger partial charge in [0.05, 0.1) is 19.7 Å². The van der Waals surface area contributed by atoms with Gasteiger partial charge in [0, 0.05) is 31.3 Å². The molecule has 0 saturated heterocycles. The number of nitrogens with zero attached hydrogens (tertiary/aromatic N) is 5. The zero-order valence-corrected chi connectivity index (χ0v) is 16.7. The van der Waals surface area contributed by atoms with Crippen LogP contribution >= 0.6 is 0 Å². The zero-order valence-electron chi connectivity index (χ0n) is 16.7. The van der Waals surface area contributed by atoms with Gasteiger partial charge in [-0.1, -0.05) is 0 Å². The van der Waals surface area contributed by atoms with Crippen LogP contribution in [0.1, 0.15) is 43.4 Å². The maximum Gasteiger partial charge on any atom is 0.213 e. The maximum atomic E-state index is 5.78. The van der Waals surface area contributed by atoms with Crippen molar-refractivity contribution in [2.75, 3.05) is 13.2 Å². The average molecular weight is 384 g/mol. The number of aromatic nitrogens is 4. The number of ether oxygens (including phenoxy) is 1. The molecular weight excluding hydrogens is 354 g/mol. The lowest BCUT2D eigenvalue weighted by atomic mass is 10.1. The second kappa shape index (κ2) is 8.58. The number of pyridine rings is 1. The van der Waals surface area contributed by atoms with E-state index < -0.39 is 0 Å². The molecule has 2 aliphatic rings. The van der Waals surface area contributed by atoms with Crippen LogP contribution in [0, 0.1) is 12.8 Å². The van der Waals surface area contributed by atoms with Crippen molar-refractivity contribution in [3.8, 4) is 5.88 Å². The Morgan fingerprint density at radius 1 is 1.36 bits per heavy atom. The van der Waals surface area contributed by atoms with Crippen molar-refractivity contribution in [2.45, 2.75) is 58.7 Å². The molecule has 1 atom stereocenters. The van der Waals surface area contributed by atoms with E-state index in [1.54, 1.807) is 6.20 Å². The highest BCUT2D eigenvalue weighted by Gasteiger charge is 2.22. The topological polar surface area (TPSA) is 89.2 Å². The number of hydrogen-bond donors (Lipinski definition) is 2. The minimum absolute atomic E-state index is 0.293. The summed E-state index contributed by atoms with van der Waals surface area (Å²) < 4.78 is 7.78. The van der Waals surface area contributed by atoms with Crippen molar-refractivity contribution in [3.05, 3.63) is 35.5 Å². The molecule has 1 aliphatic heterocycles. The number of aryl methyl sites for hydroxylation is 2. The lowest BCUT2D eigenvalue weighted by molar-refractivity contribution is 0.288. The molecule has 1 unspecified atom stereocenters. The molecule has 8 nitrogen and oxygen atoms in total. The highest BCUT2D eigenvalue weighted by Crippen LogP contribution is 2.29. The summed E-state index contributed by atoms with van der Waals surface area (Å²) in [5, 5.41) is 11.4. The number of hydrogen-bond acceptors (Lipinski definition) is 5. The van der Waals surface area contributed by atoms with Crippen molar-refractivity contribution in [1.82, 2.24) is 30.4 Å². The summed E-state index contributed by atoms with van der Waals surface area (Å²) in [5.41, 5.74) is 1.09. The van der Waals surface area contributed by atoms with E-state index in [1.165, 1.54) is 12.8 Å². The Kier molecular flexibility index (Phi) is 5.73. The van der Waals surface area contributed by atoms with Crippen LogP contribution in [0.4, 0.5) is 0 Å². The first-order valence-electron chi connectivity index (χ1n) is 10.2. The van der Waals surface area contributed by atoms with Crippen molar-refractivity contribution in [1.29, 1.82) is 0 Å². The Hall–Kier alpha value is -2.64. The molecule has 2 aromatic rings. The van der Waals surface area contributed by atoms with Crippen LogP contribution in [-0.4, -0.2) is 44.9 Å². The molecule has 0 radical (unpaired) electrons. The molecule has 1 fully saturated rings. The first-order valence-corrected chi connectivity index (χ1v) is 10.2. The molecule has 0 amide bonds. The van der Waals surface area contributed by atoms with E-state index in [-0.39, 0.29) is 0 Å². The van der Waals surface area contributed by atoms with Gasteiger partial charge in [-0.2, -0.15) is 5.10 Å².